The summed E-state index contributed by atoms with van der Waals surface area (Å²) in [5.41, 5.74) is -0.0293. The maximum atomic E-state index is 14.0. The molecule has 1 saturated heterocycles. The van der Waals surface area contributed by atoms with Crippen molar-refractivity contribution in [2.45, 2.75) is 19.4 Å². The molecule has 0 spiro atoms. The monoisotopic (exact) mass is 332 g/mol. The number of carbonyl (C=O) groups is 1. The van der Waals surface area contributed by atoms with Crippen LogP contribution in [-0.2, 0) is 0 Å². The number of nitrogens with one attached hydrogen (secondary N) is 2. The largest absolute Gasteiger partial charge is 0.493 e. The van der Waals surface area contributed by atoms with Gasteiger partial charge in [0.05, 0.1) is 19.8 Å². The van der Waals surface area contributed by atoms with Crippen molar-refractivity contribution in [2.75, 3.05) is 27.3 Å². The van der Waals surface area contributed by atoms with Gasteiger partial charge in [0.25, 0.3) is 5.91 Å². The quantitative estimate of drug-likeness (QED) is 0.885. The number of hydrogen-bond acceptors (Lipinski definition) is 4. The number of benzene rings is 1. The highest BCUT2D eigenvalue weighted by molar-refractivity contribution is 5.95. The van der Waals surface area contributed by atoms with Crippen LogP contribution in [0.4, 0.5) is 4.39 Å². The standard InChI is InChI=1S/C15H21FN2O3.ClH/c1-9-8-17-5-4-12(9)18-15(19)10-6-13(20-2)14(21-3)7-11(10)16;/h6-7,9,12,17H,4-5,8H2,1-3H3,(H,18,19);1H. The van der Waals surface area contributed by atoms with Gasteiger partial charge in [0.1, 0.15) is 5.82 Å². The number of halogens is 2. The van der Waals surface area contributed by atoms with E-state index in [9.17, 15) is 9.18 Å². The SMILES string of the molecule is COc1cc(F)c(C(=O)NC2CCNCC2C)cc1OC.Cl. The van der Waals surface area contributed by atoms with Gasteiger partial charge in [-0.2, -0.15) is 0 Å². The van der Waals surface area contributed by atoms with Crippen molar-refractivity contribution in [3.05, 3.63) is 23.5 Å². The molecule has 22 heavy (non-hydrogen) atoms. The summed E-state index contributed by atoms with van der Waals surface area (Å²) < 4.78 is 24.2. The predicted octanol–water partition coefficient (Wildman–Crippen LogP) is 1.99. The van der Waals surface area contributed by atoms with Crippen molar-refractivity contribution in [3.63, 3.8) is 0 Å². The molecule has 1 fully saturated rings. The molecule has 1 aromatic rings. The molecule has 1 heterocycles. The fourth-order valence-electron chi connectivity index (χ4n) is 2.50. The van der Waals surface area contributed by atoms with E-state index in [4.69, 9.17) is 9.47 Å². The first-order valence-corrected chi connectivity index (χ1v) is 7.00. The Labute approximate surface area is 136 Å². The summed E-state index contributed by atoms with van der Waals surface area (Å²) in [6.07, 6.45) is 0.835. The molecule has 0 aliphatic carbocycles. The lowest BCUT2D eigenvalue weighted by molar-refractivity contribution is 0.0909. The Morgan fingerprint density at radius 2 is 1.95 bits per heavy atom. The molecule has 2 rings (SSSR count). The Morgan fingerprint density at radius 1 is 1.32 bits per heavy atom. The summed E-state index contributed by atoms with van der Waals surface area (Å²) in [7, 11) is 2.88. The first kappa shape index (κ1) is 18.5. The van der Waals surface area contributed by atoms with Gasteiger partial charge in [0.2, 0.25) is 0 Å². The van der Waals surface area contributed by atoms with Gasteiger partial charge < -0.3 is 20.1 Å². The third kappa shape index (κ3) is 4.01. The molecule has 5 nitrogen and oxygen atoms in total. The molecular weight excluding hydrogens is 311 g/mol. The molecule has 1 aromatic carbocycles. The Kier molecular flexibility index (Phi) is 6.90. The maximum Gasteiger partial charge on any atom is 0.254 e. The molecule has 2 N–H and O–H groups in total. The van der Waals surface area contributed by atoms with Crippen LogP contribution in [0.25, 0.3) is 0 Å². The lowest BCUT2D eigenvalue weighted by atomic mass is 9.95. The Balaban J connectivity index is 0.00000242. The normalized spacial score (nSPS) is 20.7. The number of methoxy groups -OCH3 is 2. The van der Waals surface area contributed by atoms with Crippen molar-refractivity contribution in [1.82, 2.24) is 10.6 Å². The van der Waals surface area contributed by atoms with Crippen molar-refractivity contribution < 1.29 is 18.7 Å². The summed E-state index contributed by atoms with van der Waals surface area (Å²) in [5, 5.41) is 6.16. The van der Waals surface area contributed by atoms with Gasteiger partial charge >= 0.3 is 0 Å². The molecule has 124 valence electrons. The minimum Gasteiger partial charge on any atom is -0.493 e. The van der Waals surface area contributed by atoms with Crippen LogP contribution < -0.4 is 20.1 Å². The summed E-state index contributed by atoms with van der Waals surface area (Å²) in [6, 6.07) is 2.58. The van der Waals surface area contributed by atoms with Gasteiger partial charge in [0.15, 0.2) is 11.5 Å². The predicted molar refractivity (Wildman–Crippen MR) is 84.7 cm³/mol. The number of ether oxygens (including phenoxy) is 2. The average molecular weight is 333 g/mol. The van der Waals surface area contributed by atoms with E-state index in [0.717, 1.165) is 19.5 Å². The van der Waals surface area contributed by atoms with E-state index >= 15 is 0 Å². The molecule has 0 aromatic heterocycles. The Bertz CT molecular complexity index is 528. The van der Waals surface area contributed by atoms with Crippen LogP contribution in [-0.4, -0.2) is 39.3 Å². The average Bonchev–Trinajstić information content (AvgIpc) is 2.49. The smallest absolute Gasteiger partial charge is 0.254 e. The van der Waals surface area contributed by atoms with Crippen LogP contribution in [0.15, 0.2) is 12.1 Å². The fraction of sp³-hybridized carbons (Fsp3) is 0.533. The van der Waals surface area contributed by atoms with Crippen molar-refractivity contribution in [1.29, 1.82) is 0 Å². The van der Waals surface area contributed by atoms with E-state index in [2.05, 4.69) is 17.6 Å². The van der Waals surface area contributed by atoms with Crippen LogP contribution in [0, 0.1) is 11.7 Å². The summed E-state index contributed by atoms with van der Waals surface area (Å²) in [6.45, 7) is 3.76. The molecule has 0 radical (unpaired) electrons. The second kappa shape index (κ2) is 8.19. The zero-order chi connectivity index (χ0) is 15.4. The van der Waals surface area contributed by atoms with Crippen LogP contribution >= 0.6 is 12.4 Å². The van der Waals surface area contributed by atoms with E-state index in [1.165, 1.54) is 26.4 Å². The highest BCUT2D eigenvalue weighted by Crippen LogP contribution is 2.30. The lowest BCUT2D eigenvalue weighted by Crippen LogP contribution is -2.48. The molecule has 1 amide bonds. The zero-order valence-electron chi connectivity index (χ0n) is 12.9. The first-order chi connectivity index (χ1) is 10.1. The summed E-state index contributed by atoms with van der Waals surface area (Å²) in [4.78, 5) is 12.3. The number of rotatable bonds is 4. The summed E-state index contributed by atoms with van der Waals surface area (Å²) >= 11 is 0. The van der Waals surface area contributed by atoms with Gasteiger partial charge in [-0.3, -0.25) is 4.79 Å². The molecule has 1 aliphatic rings. The lowest BCUT2D eigenvalue weighted by Gasteiger charge is -2.30. The molecule has 0 bridgehead atoms. The second-order valence-corrected chi connectivity index (χ2v) is 5.24. The van der Waals surface area contributed by atoms with Gasteiger partial charge in [-0.05, 0) is 31.5 Å². The Hall–Kier alpha value is -1.53. The topological polar surface area (TPSA) is 59.6 Å². The van der Waals surface area contributed by atoms with E-state index < -0.39 is 11.7 Å². The molecule has 7 heteroatoms. The first-order valence-electron chi connectivity index (χ1n) is 7.00. The highest BCUT2D eigenvalue weighted by atomic mass is 35.5. The molecule has 1 aliphatic heterocycles. The van der Waals surface area contributed by atoms with Crippen molar-refractivity contribution in [3.8, 4) is 11.5 Å². The van der Waals surface area contributed by atoms with E-state index in [-0.39, 0.29) is 29.8 Å². The van der Waals surface area contributed by atoms with Crippen LogP contribution in [0.5, 0.6) is 11.5 Å². The third-order valence-electron chi connectivity index (χ3n) is 3.82. The van der Waals surface area contributed by atoms with Gasteiger partial charge in [-0.15, -0.1) is 12.4 Å². The van der Waals surface area contributed by atoms with Crippen LogP contribution in [0.2, 0.25) is 0 Å². The van der Waals surface area contributed by atoms with Crippen LogP contribution in [0.3, 0.4) is 0 Å². The third-order valence-corrected chi connectivity index (χ3v) is 3.82. The van der Waals surface area contributed by atoms with E-state index in [0.29, 0.717) is 11.7 Å². The molecule has 2 unspecified atom stereocenters. The van der Waals surface area contributed by atoms with Crippen molar-refractivity contribution >= 4 is 18.3 Å². The number of amides is 1. The molecule has 0 saturated carbocycles. The zero-order valence-corrected chi connectivity index (χ0v) is 13.8. The van der Waals surface area contributed by atoms with Gasteiger partial charge in [-0.25, -0.2) is 4.39 Å². The molecular formula is C15H22ClFN2O3. The van der Waals surface area contributed by atoms with Gasteiger partial charge in [0, 0.05) is 12.1 Å². The van der Waals surface area contributed by atoms with Gasteiger partial charge in [-0.1, -0.05) is 6.92 Å². The fourth-order valence-corrected chi connectivity index (χ4v) is 2.50. The van der Waals surface area contributed by atoms with Crippen molar-refractivity contribution in [2.24, 2.45) is 5.92 Å². The summed E-state index contributed by atoms with van der Waals surface area (Å²) in [5.74, 6) is -0.131. The second-order valence-electron chi connectivity index (χ2n) is 5.24. The highest BCUT2D eigenvalue weighted by Gasteiger charge is 2.25. The minimum absolute atomic E-state index is 0. The molecule has 2 atom stereocenters. The van der Waals surface area contributed by atoms with E-state index in [1.54, 1.807) is 0 Å². The number of piperidine rings is 1. The Morgan fingerprint density at radius 3 is 2.55 bits per heavy atom. The number of hydrogen-bond donors (Lipinski definition) is 2. The van der Waals surface area contributed by atoms with E-state index in [1.807, 2.05) is 0 Å². The minimum atomic E-state index is -0.619. The number of carbonyl (C=O) groups excluding carboxylic acids is 1. The van der Waals surface area contributed by atoms with Crippen LogP contribution in [0.1, 0.15) is 23.7 Å². The maximum absolute atomic E-state index is 14.0.